The third-order valence-corrected chi connectivity index (χ3v) is 4.42. The molecule has 0 aliphatic rings. The van der Waals surface area contributed by atoms with Gasteiger partial charge in [0.1, 0.15) is 6.61 Å². The summed E-state index contributed by atoms with van der Waals surface area (Å²) in [5, 5.41) is 16.6. The van der Waals surface area contributed by atoms with Crippen LogP contribution in [0.5, 0.6) is 0 Å². The number of hydrogen-bond acceptors (Lipinski definition) is 5. The first-order valence-corrected chi connectivity index (χ1v) is 11.1. The molecule has 0 aromatic heterocycles. The summed E-state index contributed by atoms with van der Waals surface area (Å²) in [4.78, 5) is 0. The lowest BCUT2D eigenvalue weighted by Gasteiger charge is -2.09. The zero-order valence-electron chi connectivity index (χ0n) is 17.9. The van der Waals surface area contributed by atoms with Crippen molar-refractivity contribution < 1.29 is 23.8 Å². The molecule has 0 saturated heterocycles. The third-order valence-electron chi connectivity index (χ3n) is 2.72. The van der Waals surface area contributed by atoms with Crippen molar-refractivity contribution in [2.75, 3.05) is 26.4 Å². The van der Waals surface area contributed by atoms with E-state index in [0.717, 1.165) is 12.8 Å². The van der Waals surface area contributed by atoms with E-state index in [0.29, 0.717) is 19.6 Å². The number of aliphatic hydroxyl groups is 2. The monoisotopic (exact) mass is 420 g/mol. The molecule has 29 heavy (non-hydrogen) atoms. The maximum Gasteiger partial charge on any atom is 0.405 e. The molecule has 0 radical (unpaired) electrons. The van der Waals surface area contributed by atoms with E-state index in [1.807, 2.05) is 37.3 Å². The molecule has 0 bridgehead atoms. The molecule has 0 heterocycles. The molecule has 160 valence electrons. The Hall–Kier alpha value is -2.03. The molecule has 1 aromatic carbocycles. The van der Waals surface area contributed by atoms with Crippen molar-refractivity contribution >= 4 is 7.60 Å². The van der Waals surface area contributed by atoms with Gasteiger partial charge in [0.05, 0.1) is 19.8 Å². The molecule has 1 rings (SSSR count). The molecular formula is C23H33O5P. The van der Waals surface area contributed by atoms with Gasteiger partial charge < -0.3 is 10.2 Å². The minimum Gasteiger partial charge on any atom is -0.395 e. The molecule has 0 amide bonds. The topological polar surface area (TPSA) is 76.0 Å². The Morgan fingerprint density at radius 3 is 2.00 bits per heavy atom. The standard InChI is InChI=1S/C10H10O.C7H13O3P.C6H10O/c11-9-5-4-8-10-6-2-1-3-7-10;1-4-7-11(8,9-5-2)10-6-3;1-2-3-4-5-6-7/h1-3,6-7,11H,8-9H2;5-6H2,1-3H3;7H,2,5-6H2,1H3. The SMILES string of the molecule is CC#CP(=O)(OCC)OCC.CCC#CCCO.OCC#CCc1ccccc1. The fourth-order valence-electron chi connectivity index (χ4n) is 1.66. The molecule has 1 aromatic rings. The highest BCUT2D eigenvalue weighted by Gasteiger charge is 2.18. The summed E-state index contributed by atoms with van der Waals surface area (Å²) >= 11 is 0. The van der Waals surface area contributed by atoms with Gasteiger partial charge in [-0.1, -0.05) is 55.0 Å². The molecule has 0 aliphatic heterocycles. The van der Waals surface area contributed by atoms with Crippen LogP contribution >= 0.6 is 7.60 Å². The number of rotatable bonds is 6. The minimum absolute atomic E-state index is 0.0488. The van der Waals surface area contributed by atoms with Crippen LogP contribution in [-0.4, -0.2) is 36.6 Å². The maximum absolute atomic E-state index is 11.4. The maximum atomic E-state index is 11.4. The molecule has 6 heteroatoms. The van der Waals surface area contributed by atoms with Crippen LogP contribution in [-0.2, 0) is 20.0 Å². The summed E-state index contributed by atoms with van der Waals surface area (Å²) in [5.74, 6) is 13.6. The Kier molecular flexibility index (Phi) is 22.4. The van der Waals surface area contributed by atoms with E-state index in [9.17, 15) is 4.57 Å². The van der Waals surface area contributed by atoms with E-state index in [2.05, 4.69) is 35.3 Å². The first-order chi connectivity index (χ1) is 14.0. The van der Waals surface area contributed by atoms with Crippen molar-refractivity contribution in [3.05, 3.63) is 35.9 Å². The normalized spacial score (nSPS) is 8.90. The van der Waals surface area contributed by atoms with Crippen molar-refractivity contribution in [2.24, 2.45) is 0 Å². The highest BCUT2D eigenvalue weighted by Crippen LogP contribution is 2.46. The molecule has 0 atom stereocenters. The molecule has 0 unspecified atom stereocenters. The summed E-state index contributed by atoms with van der Waals surface area (Å²) < 4.78 is 21.1. The highest BCUT2D eigenvalue weighted by molar-refractivity contribution is 7.59. The number of hydrogen-bond donors (Lipinski definition) is 2. The summed E-state index contributed by atoms with van der Waals surface area (Å²) in [5.41, 5.74) is 3.61. The molecule has 0 saturated carbocycles. The predicted molar refractivity (Wildman–Crippen MR) is 119 cm³/mol. The van der Waals surface area contributed by atoms with Crippen LogP contribution in [0, 0.1) is 35.3 Å². The Morgan fingerprint density at radius 1 is 0.931 bits per heavy atom. The van der Waals surface area contributed by atoms with Crippen LogP contribution in [0.1, 0.15) is 46.1 Å². The predicted octanol–water partition coefficient (Wildman–Crippen LogP) is 4.24. The second-order valence-electron chi connectivity index (χ2n) is 5.05. The van der Waals surface area contributed by atoms with Gasteiger partial charge in [0.15, 0.2) is 0 Å². The first kappa shape index (κ1) is 29.2. The van der Waals surface area contributed by atoms with E-state index >= 15 is 0 Å². The van der Waals surface area contributed by atoms with Gasteiger partial charge in [0.25, 0.3) is 0 Å². The van der Waals surface area contributed by atoms with E-state index in [4.69, 9.17) is 19.3 Å². The molecular weight excluding hydrogens is 387 g/mol. The smallest absolute Gasteiger partial charge is 0.395 e. The van der Waals surface area contributed by atoms with Gasteiger partial charge in [-0.05, 0) is 26.3 Å². The van der Waals surface area contributed by atoms with Gasteiger partial charge in [-0.2, -0.15) is 0 Å². The van der Waals surface area contributed by atoms with Crippen molar-refractivity contribution in [3.63, 3.8) is 0 Å². The lowest BCUT2D eigenvalue weighted by Crippen LogP contribution is -1.92. The van der Waals surface area contributed by atoms with Crippen molar-refractivity contribution in [2.45, 2.75) is 47.0 Å². The van der Waals surface area contributed by atoms with Gasteiger partial charge >= 0.3 is 7.60 Å². The quantitative estimate of drug-likeness (QED) is 0.532. The second-order valence-corrected chi connectivity index (χ2v) is 6.78. The number of benzene rings is 1. The Labute approximate surface area is 176 Å². The third kappa shape index (κ3) is 20.5. The van der Waals surface area contributed by atoms with Crippen LogP contribution in [0.15, 0.2) is 30.3 Å². The molecule has 5 nitrogen and oxygen atoms in total. The van der Waals surface area contributed by atoms with Crippen LogP contribution in [0.3, 0.4) is 0 Å². The fourth-order valence-corrected chi connectivity index (χ4v) is 2.82. The molecule has 2 N–H and O–H groups in total. The Morgan fingerprint density at radius 2 is 1.55 bits per heavy atom. The van der Waals surface area contributed by atoms with Gasteiger partial charge in [0.2, 0.25) is 0 Å². The first-order valence-electron chi connectivity index (χ1n) is 9.53. The molecule has 0 aliphatic carbocycles. The Balaban J connectivity index is 0. The lowest BCUT2D eigenvalue weighted by molar-refractivity contribution is 0.230. The van der Waals surface area contributed by atoms with Gasteiger partial charge in [-0.25, -0.2) is 4.57 Å². The van der Waals surface area contributed by atoms with Crippen molar-refractivity contribution in [1.82, 2.24) is 0 Å². The summed E-state index contributed by atoms with van der Waals surface area (Å²) in [6.07, 6.45) is 2.23. The lowest BCUT2D eigenvalue weighted by atomic mass is 10.2. The van der Waals surface area contributed by atoms with Crippen LogP contribution in [0.2, 0.25) is 0 Å². The van der Waals surface area contributed by atoms with E-state index in [1.165, 1.54) is 5.56 Å². The van der Waals surface area contributed by atoms with Crippen molar-refractivity contribution in [1.29, 1.82) is 0 Å². The summed E-state index contributed by atoms with van der Waals surface area (Å²) in [7, 11) is -3.08. The van der Waals surface area contributed by atoms with Crippen molar-refractivity contribution in [3.8, 4) is 35.3 Å². The average Bonchev–Trinajstić information content (AvgIpc) is 2.71. The summed E-state index contributed by atoms with van der Waals surface area (Å²) in [6, 6.07) is 9.98. The largest absolute Gasteiger partial charge is 0.405 e. The summed E-state index contributed by atoms with van der Waals surface area (Å²) in [6.45, 7) is 7.94. The fraction of sp³-hybridized carbons (Fsp3) is 0.478. The zero-order chi connectivity index (χ0) is 22.2. The zero-order valence-corrected chi connectivity index (χ0v) is 18.8. The molecule has 0 spiro atoms. The van der Waals surface area contributed by atoms with Gasteiger partial charge in [-0.3, -0.25) is 9.05 Å². The van der Waals surface area contributed by atoms with Gasteiger partial charge in [-0.15, -0.1) is 11.8 Å². The highest BCUT2D eigenvalue weighted by atomic mass is 31.2. The number of aliphatic hydroxyl groups excluding tert-OH is 2. The van der Waals surface area contributed by atoms with Crippen LogP contribution in [0.25, 0.3) is 0 Å². The van der Waals surface area contributed by atoms with Crippen LogP contribution < -0.4 is 0 Å². The Bertz CT molecular complexity index is 717. The van der Waals surface area contributed by atoms with Crippen LogP contribution in [0.4, 0.5) is 0 Å². The van der Waals surface area contributed by atoms with E-state index in [-0.39, 0.29) is 13.2 Å². The van der Waals surface area contributed by atoms with E-state index < -0.39 is 7.60 Å². The second kappa shape index (κ2) is 22.3. The molecule has 0 fully saturated rings. The minimum atomic E-state index is -3.08. The van der Waals surface area contributed by atoms with Gasteiger partial charge in [0, 0.05) is 24.9 Å². The van der Waals surface area contributed by atoms with E-state index in [1.54, 1.807) is 20.8 Å². The average molecular weight is 420 g/mol.